The van der Waals surface area contributed by atoms with Gasteiger partial charge in [0.25, 0.3) is 0 Å². The second kappa shape index (κ2) is 6.42. The summed E-state index contributed by atoms with van der Waals surface area (Å²) >= 11 is 1.71. The minimum atomic E-state index is 0.291. The normalized spacial score (nSPS) is 12.3. The molecule has 1 rings (SSSR count). The van der Waals surface area contributed by atoms with Crippen molar-refractivity contribution in [2.45, 2.75) is 19.9 Å². The highest BCUT2D eigenvalue weighted by molar-refractivity contribution is 7.07. The molecule has 0 aliphatic heterocycles. The molecule has 0 unspecified atom stereocenters. The number of oxime groups is 1. The van der Waals surface area contributed by atoms with Gasteiger partial charge in [0, 0.05) is 19.5 Å². The van der Waals surface area contributed by atoms with E-state index in [4.69, 9.17) is 10.9 Å². The number of hydrogen-bond acceptors (Lipinski definition) is 4. The molecule has 84 valence electrons. The van der Waals surface area contributed by atoms with Crippen LogP contribution in [0.25, 0.3) is 0 Å². The fraction of sp³-hybridized carbons (Fsp3) is 0.500. The molecule has 0 fully saturated rings. The first-order valence-corrected chi connectivity index (χ1v) is 5.90. The summed E-state index contributed by atoms with van der Waals surface area (Å²) in [7, 11) is 0. The Morgan fingerprint density at radius 1 is 1.67 bits per heavy atom. The van der Waals surface area contributed by atoms with E-state index in [0.29, 0.717) is 12.3 Å². The summed E-state index contributed by atoms with van der Waals surface area (Å²) in [4.78, 5) is 2.26. The SMILES string of the molecule is CCN(CCC(N)=NO)Cc1ccsc1. The molecule has 0 atom stereocenters. The summed E-state index contributed by atoms with van der Waals surface area (Å²) in [6, 6.07) is 2.12. The maximum Gasteiger partial charge on any atom is 0.140 e. The number of rotatable bonds is 6. The summed E-state index contributed by atoms with van der Waals surface area (Å²) in [5.74, 6) is 0.291. The molecule has 1 aromatic heterocycles. The van der Waals surface area contributed by atoms with Gasteiger partial charge in [0.2, 0.25) is 0 Å². The summed E-state index contributed by atoms with van der Waals surface area (Å²) in [6.07, 6.45) is 0.606. The van der Waals surface area contributed by atoms with Crippen LogP contribution in [0.15, 0.2) is 22.0 Å². The lowest BCUT2D eigenvalue weighted by molar-refractivity contribution is 0.283. The molecule has 15 heavy (non-hydrogen) atoms. The smallest absolute Gasteiger partial charge is 0.140 e. The van der Waals surface area contributed by atoms with Gasteiger partial charge in [-0.3, -0.25) is 4.90 Å². The van der Waals surface area contributed by atoms with Crippen molar-refractivity contribution in [3.63, 3.8) is 0 Å². The predicted molar refractivity (Wildman–Crippen MR) is 63.3 cm³/mol. The van der Waals surface area contributed by atoms with Gasteiger partial charge in [0.15, 0.2) is 0 Å². The highest BCUT2D eigenvalue weighted by Gasteiger charge is 2.05. The van der Waals surface area contributed by atoms with Crippen molar-refractivity contribution in [3.8, 4) is 0 Å². The molecule has 5 heteroatoms. The van der Waals surface area contributed by atoms with Crippen molar-refractivity contribution < 1.29 is 5.21 Å². The molecule has 3 N–H and O–H groups in total. The van der Waals surface area contributed by atoms with E-state index in [2.05, 4.69) is 33.8 Å². The maximum atomic E-state index is 8.42. The lowest BCUT2D eigenvalue weighted by atomic mass is 10.3. The Hall–Kier alpha value is -1.07. The molecule has 0 saturated carbocycles. The molecule has 4 nitrogen and oxygen atoms in total. The van der Waals surface area contributed by atoms with Crippen molar-refractivity contribution >= 4 is 17.2 Å². The monoisotopic (exact) mass is 227 g/mol. The molecular weight excluding hydrogens is 210 g/mol. The third-order valence-corrected chi connectivity index (χ3v) is 2.98. The van der Waals surface area contributed by atoms with Crippen molar-refractivity contribution in [1.82, 2.24) is 4.90 Å². The quantitative estimate of drug-likeness (QED) is 0.336. The van der Waals surface area contributed by atoms with Crippen molar-refractivity contribution in [2.75, 3.05) is 13.1 Å². The largest absolute Gasteiger partial charge is 0.409 e. The summed E-state index contributed by atoms with van der Waals surface area (Å²) in [6.45, 7) is 4.83. The number of nitrogens with two attached hydrogens (primary N) is 1. The first-order chi connectivity index (χ1) is 7.26. The van der Waals surface area contributed by atoms with Crippen LogP contribution in [-0.4, -0.2) is 29.0 Å². The van der Waals surface area contributed by atoms with Crippen LogP contribution in [0.2, 0.25) is 0 Å². The highest BCUT2D eigenvalue weighted by Crippen LogP contribution is 2.09. The van der Waals surface area contributed by atoms with Crippen molar-refractivity contribution in [1.29, 1.82) is 0 Å². The molecular formula is C10H17N3OS. The van der Waals surface area contributed by atoms with Gasteiger partial charge in [0.1, 0.15) is 5.84 Å². The van der Waals surface area contributed by atoms with Crippen molar-refractivity contribution in [3.05, 3.63) is 22.4 Å². The van der Waals surface area contributed by atoms with E-state index in [1.54, 1.807) is 11.3 Å². The molecule has 0 aliphatic rings. The van der Waals surface area contributed by atoms with Crippen LogP contribution in [0, 0.1) is 0 Å². The van der Waals surface area contributed by atoms with E-state index in [9.17, 15) is 0 Å². The Balaban J connectivity index is 2.36. The molecule has 1 heterocycles. The van der Waals surface area contributed by atoms with Crippen LogP contribution in [0.5, 0.6) is 0 Å². The fourth-order valence-corrected chi connectivity index (χ4v) is 1.97. The zero-order valence-corrected chi connectivity index (χ0v) is 9.70. The van der Waals surface area contributed by atoms with E-state index < -0.39 is 0 Å². The van der Waals surface area contributed by atoms with Crippen LogP contribution >= 0.6 is 11.3 Å². The fourth-order valence-electron chi connectivity index (χ4n) is 1.31. The lowest BCUT2D eigenvalue weighted by Gasteiger charge is -2.19. The summed E-state index contributed by atoms with van der Waals surface area (Å²) in [5, 5.41) is 15.6. The molecule has 0 aliphatic carbocycles. The molecule has 0 saturated heterocycles. The average Bonchev–Trinajstić information content (AvgIpc) is 2.76. The van der Waals surface area contributed by atoms with E-state index in [0.717, 1.165) is 19.6 Å². The number of nitrogens with zero attached hydrogens (tertiary/aromatic N) is 2. The first-order valence-electron chi connectivity index (χ1n) is 4.96. The van der Waals surface area contributed by atoms with Gasteiger partial charge in [-0.15, -0.1) is 0 Å². The molecule has 0 aromatic carbocycles. The number of thiophene rings is 1. The minimum Gasteiger partial charge on any atom is -0.409 e. The first kappa shape index (κ1) is 12.0. The molecule has 0 bridgehead atoms. The van der Waals surface area contributed by atoms with Crippen molar-refractivity contribution in [2.24, 2.45) is 10.9 Å². The van der Waals surface area contributed by atoms with Gasteiger partial charge in [-0.2, -0.15) is 11.3 Å². The number of hydrogen-bond donors (Lipinski definition) is 2. The van der Waals surface area contributed by atoms with Crippen LogP contribution in [0.4, 0.5) is 0 Å². The Kier molecular flexibility index (Phi) is 5.14. The Bertz CT molecular complexity index is 298. The number of amidine groups is 1. The second-order valence-corrected chi connectivity index (χ2v) is 4.12. The molecule has 0 amide bonds. The Morgan fingerprint density at radius 3 is 3.00 bits per heavy atom. The van der Waals surface area contributed by atoms with E-state index >= 15 is 0 Å². The topological polar surface area (TPSA) is 61.8 Å². The van der Waals surface area contributed by atoms with E-state index in [1.807, 2.05) is 0 Å². The Labute approximate surface area is 94.0 Å². The van der Waals surface area contributed by atoms with Crippen LogP contribution in [-0.2, 0) is 6.54 Å². The van der Waals surface area contributed by atoms with Gasteiger partial charge < -0.3 is 10.9 Å². The molecule has 0 radical (unpaired) electrons. The zero-order valence-electron chi connectivity index (χ0n) is 8.89. The maximum absolute atomic E-state index is 8.42. The van der Waals surface area contributed by atoms with Crippen LogP contribution < -0.4 is 5.73 Å². The van der Waals surface area contributed by atoms with Gasteiger partial charge in [-0.1, -0.05) is 12.1 Å². The van der Waals surface area contributed by atoms with E-state index in [1.165, 1.54) is 5.56 Å². The third kappa shape index (κ3) is 4.31. The van der Waals surface area contributed by atoms with E-state index in [-0.39, 0.29) is 0 Å². The molecule has 1 aromatic rings. The zero-order chi connectivity index (χ0) is 11.1. The summed E-state index contributed by atoms with van der Waals surface area (Å²) in [5.41, 5.74) is 6.75. The Morgan fingerprint density at radius 2 is 2.47 bits per heavy atom. The lowest BCUT2D eigenvalue weighted by Crippen LogP contribution is -2.27. The third-order valence-electron chi connectivity index (χ3n) is 2.25. The second-order valence-electron chi connectivity index (χ2n) is 3.34. The van der Waals surface area contributed by atoms with Gasteiger partial charge in [-0.05, 0) is 28.9 Å². The average molecular weight is 227 g/mol. The van der Waals surface area contributed by atoms with Gasteiger partial charge >= 0.3 is 0 Å². The van der Waals surface area contributed by atoms with Crippen LogP contribution in [0.3, 0.4) is 0 Å². The summed E-state index contributed by atoms with van der Waals surface area (Å²) < 4.78 is 0. The predicted octanol–water partition coefficient (Wildman–Crippen LogP) is 1.71. The standard InChI is InChI=1S/C10H17N3OS/c1-2-13(5-3-10(11)12-14)7-9-4-6-15-8-9/h4,6,8,14H,2-3,5,7H2,1H3,(H2,11,12). The highest BCUT2D eigenvalue weighted by atomic mass is 32.1. The molecule has 0 spiro atoms. The van der Waals surface area contributed by atoms with Crippen LogP contribution in [0.1, 0.15) is 18.9 Å². The van der Waals surface area contributed by atoms with Gasteiger partial charge in [0.05, 0.1) is 0 Å². The minimum absolute atomic E-state index is 0.291. The van der Waals surface area contributed by atoms with Gasteiger partial charge in [-0.25, -0.2) is 0 Å².